The molecule has 0 aliphatic carbocycles. The lowest BCUT2D eigenvalue weighted by molar-refractivity contribution is -0.189. The van der Waals surface area contributed by atoms with E-state index in [4.69, 9.17) is 11.6 Å². The highest BCUT2D eigenvalue weighted by Crippen LogP contribution is 2.34. The Balaban J connectivity index is 1.32. The summed E-state index contributed by atoms with van der Waals surface area (Å²) in [6.07, 6.45) is 1.98. The predicted octanol–water partition coefficient (Wildman–Crippen LogP) is 5.18. The molecule has 288 valence electrons. The van der Waals surface area contributed by atoms with Crippen LogP contribution in [0.3, 0.4) is 0 Å². The monoisotopic (exact) mass is 794 g/mol. The van der Waals surface area contributed by atoms with Crippen LogP contribution in [0.4, 0.5) is 4.79 Å². The second-order valence-electron chi connectivity index (χ2n) is 13.7. The van der Waals surface area contributed by atoms with Crippen molar-refractivity contribution in [3.8, 4) is 5.75 Å². The first-order chi connectivity index (χ1) is 26.9. The standard InChI is InChI=1S/C41H39ClN6O7S/c1-3-20-45-26-38(51)47-36(21-28-12-16-32(50)17-13-28)40(52)44(25-37(47)48(45)41(53)43-22-29-8-5-4-6-9-29)23-30-10-7-11-34-35(27(2)49)24-46(39(30)34)56(54,55)33-18-14-31(42)15-19-33/h3-19,24,36-37,50H,1,20-23,25-26H2,2H3,(H,43,53). The van der Waals surface area contributed by atoms with E-state index in [1.807, 2.05) is 30.3 Å². The second-order valence-corrected chi connectivity index (χ2v) is 15.9. The van der Waals surface area contributed by atoms with Gasteiger partial charge in [-0.2, -0.15) is 0 Å². The molecule has 7 rings (SSSR count). The van der Waals surface area contributed by atoms with Gasteiger partial charge < -0.3 is 20.2 Å². The molecule has 3 heterocycles. The van der Waals surface area contributed by atoms with Crippen molar-refractivity contribution < 1.29 is 32.7 Å². The van der Waals surface area contributed by atoms with Gasteiger partial charge in [0, 0.05) is 48.2 Å². The molecule has 2 aliphatic rings. The number of para-hydroxylation sites is 1. The van der Waals surface area contributed by atoms with Crippen molar-refractivity contribution in [2.24, 2.45) is 0 Å². The SMILES string of the molecule is C=CCN1CC(=O)N2C(Cc3ccc(O)cc3)C(=O)N(Cc3cccc4c(C(C)=O)cn(S(=O)(=O)c5ccc(Cl)cc5)c34)CC2N1C(=O)NCc1ccccc1. The molecule has 2 saturated heterocycles. The Morgan fingerprint density at radius 1 is 0.946 bits per heavy atom. The zero-order valence-corrected chi connectivity index (χ0v) is 32.0. The van der Waals surface area contributed by atoms with Crippen LogP contribution in [0.15, 0.2) is 121 Å². The average molecular weight is 795 g/mol. The van der Waals surface area contributed by atoms with E-state index in [-0.39, 0.29) is 72.6 Å². The fraction of sp³-hybridized carbons (Fsp3) is 0.220. The molecule has 4 aromatic carbocycles. The number of amides is 4. The van der Waals surface area contributed by atoms with Gasteiger partial charge in [0.05, 0.1) is 23.5 Å². The van der Waals surface area contributed by atoms with Gasteiger partial charge in [0.1, 0.15) is 18.0 Å². The fourth-order valence-corrected chi connectivity index (χ4v) is 8.93. The lowest BCUT2D eigenvalue weighted by Crippen LogP contribution is -2.76. The molecular formula is C41H39ClN6O7S. The molecule has 2 unspecified atom stereocenters. The zero-order valence-electron chi connectivity index (χ0n) is 30.4. The fourth-order valence-electron chi connectivity index (χ4n) is 7.40. The number of nitrogens with one attached hydrogen (secondary N) is 1. The summed E-state index contributed by atoms with van der Waals surface area (Å²) in [5, 5.41) is 16.7. The summed E-state index contributed by atoms with van der Waals surface area (Å²) in [5.74, 6) is -1.10. The van der Waals surface area contributed by atoms with Crippen LogP contribution in [0.1, 0.15) is 34.0 Å². The number of phenols is 1. The number of Topliss-reactive ketones (excluding diaryl/α,β-unsaturated/α-hetero) is 1. The first-order valence-corrected chi connectivity index (χ1v) is 19.7. The van der Waals surface area contributed by atoms with Crippen LogP contribution >= 0.6 is 11.6 Å². The van der Waals surface area contributed by atoms with E-state index in [2.05, 4.69) is 11.9 Å². The third-order valence-electron chi connectivity index (χ3n) is 10.0. The molecule has 5 aromatic rings. The molecule has 13 nitrogen and oxygen atoms in total. The summed E-state index contributed by atoms with van der Waals surface area (Å²) in [5.41, 5.74) is 2.34. The Morgan fingerprint density at radius 3 is 2.34 bits per heavy atom. The molecule has 0 radical (unpaired) electrons. The van der Waals surface area contributed by atoms with Crippen molar-refractivity contribution in [3.63, 3.8) is 0 Å². The summed E-state index contributed by atoms with van der Waals surface area (Å²) in [7, 11) is -4.26. The van der Waals surface area contributed by atoms with Gasteiger partial charge in [0.15, 0.2) is 5.78 Å². The lowest BCUT2D eigenvalue weighted by atomic mass is 9.98. The normalized spacial score (nSPS) is 17.6. The number of urea groups is 1. The third-order valence-corrected chi connectivity index (χ3v) is 11.9. The van der Waals surface area contributed by atoms with Crippen LogP contribution < -0.4 is 5.32 Å². The number of nitrogens with zero attached hydrogens (tertiary/aromatic N) is 5. The van der Waals surface area contributed by atoms with Crippen molar-refractivity contribution in [1.29, 1.82) is 0 Å². The van der Waals surface area contributed by atoms with E-state index in [1.165, 1.54) is 64.3 Å². The smallest absolute Gasteiger partial charge is 0.334 e. The molecule has 2 aliphatic heterocycles. The van der Waals surface area contributed by atoms with Crippen molar-refractivity contribution in [2.45, 2.75) is 43.5 Å². The number of piperazine rings is 1. The number of benzene rings is 4. The molecule has 2 fully saturated rings. The van der Waals surface area contributed by atoms with Gasteiger partial charge in [-0.1, -0.05) is 78.3 Å². The second kappa shape index (κ2) is 15.6. The Labute approximate surface area is 329 Å². The number of phenolic OH excluding ortho intramolecular Hbond substituents is 1. The Hall–Kier alpha value is -5.96. The number of carbonyl (C=O) groups excluding carboxylic acids is 4. The number of aromatic hydroxyl groups is 1. The first kappa shape index (κ1) is 38.3. The van der Waals surface area contributed by atoms with E-state index >= 15 is 0 Å². The van der Waals surface area contributed by atoms with E-state index in [0.717, 1.165) is 9.54 Å². The van der Waals surface area contributed by atoms with Gasteiger partial charge in [-0.3, -0.25) is 14.4 Å². The minimum Gasteiger partial charge on any atom is -0.508 e. The largest absolute Gasteiger partial charge is 0.508 e. The Bertz CT molecular complexity index is 2440. The third kappa shape index (κ3) is 7.38. The number of rotatable bonds is 11. The van der Waals surface area contributed by atoms with E-state index in [0.29, 0.717) is 21.5 Å². The summed E-state index contributed by atoms with van der Waals surface area (Å²) in [4.78, 5) is 58.8. The topological polar surface area (TPSA) is 153 Å². The highest BCUT2D eigenvalue weighted by Gasteiger charge is 2.51. The number of fused-ring (bicyclic) bond motifs is 2. The van der Waals surface area contributed by atoms with Gasteiger partial charge >= 0.3 is 6.03 Å². The highest BCUT2D eigenvalue weighted by atomic mass is 35.5. The number of ketones is 1. The number of carbonyl (C=O) groups is 4. The van der Waals surface area contributed by atoms with Crippen molar-refractivity contribution >= 4 is 56.2 Å². The summed E-state index contributed by atoms with van der Waals surface area (Å²) >= 11 is 6.07. The van der Waals surface area contributed by atoms with Crippen molar-refractivity contribution in [1.82, 2.24) is 29.1 Å². The van der Waals surface area contributed by atoms with E-state index in [9.17, 15) is 32.7 Å². The summed E-state index contributed by atoms with van der Waals surface area (Å²) in [6, 6.07) is 24.8. The molecule has 0 saturated carbocycles. The maximum absolute atomic E-state index is 14.7. The molecule has 2 N–H and O–H groups in total. The summed E-state index contributed by atoms with van der Waals surface area (Å²) < 4.78 is 29.4. The van der Waals surface area contributed by atoms with Crippen LogP contribution in [0.2, 0.25) is 5.02 Å². The van der Waals surface area contributed by atoms with Gasteiger partial charge in [-0.25, -0.2) is 27.2 Å². The number of hydrazine groups is 1. The number of aromatic nitrogens is 1. The first-order valence-electron chi connectivity index (χ1n) is 17.9. The van der Waals surface area contributed by atoms with Crippen LogP contribution in [0, 0.1) is 0 Å². The molecule has 0 spiro atoms. The van der Waals surface area contributed by atoms with Gasteiger partial charge in [-0.05, 0) is 60.0 Å². The van der Waals surface area contributed by atoms with Crippen LogP contribution in [0.25, 0.3) is 10.9 Å². The highest BCUT2D eigenvalue weighted by molar-refractivity contribution is 7.90. The van der Waals surface area contributed by atoms with Crippen LogP contribution in [-0.2, 0) is 39.1 Å². The van der Waals surface area contributed by atoms with Crippen LogP contribution in [-0.4, -0.2) is 92.8 Å². The zero-order chi connectivity index (χ0) is 39.7. The quantitative estimate of drug-likeness (QED) is 0.137. The van der Waals surface area contributed by atoms with Gasteiger partial charge in [0.2, 0.25) is 11.8 Å². The van der Waals surface area contributed by atoms with E-state index < -0.39 is 34.2 Å². The van der Waals surface area contributed by atoms with Crippen LogP contribution in [0.5, 0.6) is 5.75 Å². The van der Waals surface area contributed by atoms with Gasteiger partial charge in [0.25, 0.3) is 10.0 Å². The Morgan fingerprint density at radius 2 is 1.66 bits per heavy atom. The molecule has 2 atom stereocenters. The predicted molar refractivity (Wildman–Crippen MR) is 210 cm³/mol. The maximum Gasteiger partial charge on any atom is 0.334 e. The molecule has 0 bridgehead atoms. The molecular weight excluding hydrogens is 756 g/mol. The molecule has 4 amide bonds. The minimum absolute atomic E-state index is 0.0354. The maximum atomic E-state index is 14.7. The number of hydrogen-bond acceptors (Lipinski definition) is 8. The molecule has 15 heteroatoms. The minimum atomic E-state index is -4.26. The Kier molecular flexibility index (Phi) is 10.7. The molecule has 56 heavy (non-hydrogen) atoms. The number of halogens is 1. The van der Waals surface area contributed by atoms with Crippen molar-refractivity contribution in [2.75, 3.05) is 19.6 Å². The number of hydrogen-bond donors (Lipinski definition) is 2. The summed E-state index contributed by atoms with van der Waals surface area (Å²) in [6.45, 7) is 5.12. The molecule has 1 aromatic heterocycles. The van der Waals surface area contributed by atoms with E-state index in [1.54, 1.807) is 41.4 Å². The van der Waals surface area contributed by atoms with Gasteiger partial charge in [-0.15, -0.1) is 6.58 Å². The average Bonchev–Trinajstić information content (AvgIpc) is 3.59. The lowest BCUT2D eigenvalue weighted by Gasteiger charge is -2.55. The van der Waals surface area contributed by atoms with Crippen molar-refractivity contribution in [3.05, 3.63) is 143 Å².